The van der Waals surface area contributed by atoms with Gasteiger partial charge in [-0.15, -0.1) is 0 Å². The molecule has 1 aromatic heterocycles. The van der Waals surface area contributed by atoms with Gasteiger partial charge in [0.2, 0.25) is 15.9 Å². The average molecular weight is 396 g/mol. The van der Waals surface area contributed by atoms with Gasteiger partial charge in [-0.3, -0.25) is 0 Å². The fraction of sp³-hybridized carbons (Fsp3) is 0.556. The van der Waals surface area contributed by atoms with Crippen LogP contribution in [0.25, 0.3) is 0 Å². The van der Waals surface area contributed by atoms with Crippen molar-refractivity contribution in [3.8, 4) is 0 Å². The van der Waals surface area contributed by atoms with Gasteiger partial charge in [-0.2, -0.15) is 4.98 Å². The van der Waals surface area contributed by atoms with E-state index in [0.29, 0.717) is 36.3 Å². The van der Waals surface area contributed by atoms with E-state index in [-0.39, 0.29) is 11.7 Å². The maximum Gasteiger partial charge on any atom is 0.226 e. The van der Waals surface area contributed by atoms with Crippen molar-refractivity contribution in [3.63, 3.8) is 0 Å². The lowest BCUT2D eigenvalue weighted by molar-refractivity contribution is 0.246. The van der Waals surface area contributed by atoms with E-state index >= 15 is 0 Å². The van der Waals surface area contributed by atoms with Gasteiger partial charge in [-0.05, 0) is 49.3 Å². The number of sulfonamides is 1. The first kappa shape index (κ1) is 17.9. The molecule has 1 aliphatic heterocycles. The second kappa shape index (κ2) is 7.29. The summed E-state index contributed by atoms with van der Waals surface area (Å²) in [6, 6.07) is 6.97. The molecule has 1 aromatic carbocycles. The summed E-state index contributed by atoms with van der Waals surface area (Å²) in [4.78, 5) is 4.47. The lowest BCUT2D eigenvalue weighted by atomic mass is 9.96. The highest BCUT2D eigenvalue weighted by molar-refractivity contribution is 7.88. The Morgan fingerprint density at radius 3 is 2.69 bits per heavy atom. The molecule has 0 bridgehead atoms. The minimum absolute atomic E-state index is 0.00325. The van der Waals surface area contributed by atoms with Crippen LogP contribution in [0.1, 0.15) is 48.9 Å². The summed E-state index contributed by atoms with van der Waals surface area (Å²) in [6.45, 7) is 1.08. The molecule has 2 aromatic rings. The standard InChI is InChI=1S/C18H22ClN3O3S/c19-16-7-3-13(4-8-16)12-26(23,24)22-9-1-2-14(11-22)10-17-20-18(21-25-17)15-5-6-15/h3-4,7-8,14-15H,1-2,5-6,9-12H2/t14-/m1/s1. The SMILES string of the molecule is O=S(=O)(Cc1ccc(Cl)cc1)N1CCC[C@H](Cc2nc(C3CC3)no2)C1. The molecule has 1 saturated carbocycles. The molecule has 0 amide bonds. The summed E-state index contributed by atoms with van der Waals surface area (Å²) in [6.07, 6.45) is 4.76. The van der Waals surface area contributed by atoms with E-state index in [1.165, 1.54) is 0 Å². The zero-order chi connectivity index (χ0) is 18.1. The van der Waals surface area contributed by atoms with Crippen molar-refractivity contribution in [2.75, 3.05) is 13.1 Å². The highest BCUT2D eigenvalue weighted by Crippen LogP contribution is 2.38. The quantitative estimate of drug-likeness (QED) is 0.749. The number of nitrogens with zero attached hydrogens (tertiary/aromatic N) is 3. The zero-order valence-electron chi connectivity index (χ0n) is 14.5. The monoisotopic (exact) mass is 395 g/mol. The number of aromatic nitrogens is 2. The minimum Gasteiger partial charge on any atom is -0.339 e. The first-order valence-corrected chi connectivity index (χ1v) is 11.0. The van der Waals surface area contributed by atoms with Crippen LogP contribution in [0.2, 0.25) is 5.02 Å². The molecule has 2 fully saturated rings. The largest absolute Gasteiger partial charge is 0.339 e. The normalized spacial score (nSPS) is 21.8. The summed E-state index contributed by atoms with van der Waals surface area (Å²) in [5.74, 6) is 2.13. The predicted molar refractivity (Wildman–Crippen MR) is 98.3 cm³/mol. The number of hydrogen-bond donors (Lipinski definition) is 0. The van der Waals surface area contributed by atoms with Crippen LogP contribution >= 0.6 is 11.6 Å². The Morgan fingerprint density at radius 2 is 1.96 bits per heavy atom. The van der Waals surface area contributed by atoms with E-state index in [1.54, 1.807) is 28.6 Å². The highest BCUT2D eigenvalue weighted by Gasteiger charge is 2.32. The van der Waals surface area contributed by atoms with Gasteiger partial charge in [0.1, 0.15) is 0 Å². The van der Waals surface area contributed by atoms with E-state index in [9.17, 15) is 8.42 Å². The summed E-state index contributed by atoms with van der Waals surface area (Å²) in [7, 11) is -3.35. The molecule has 4 rings (SSSR count). The van der Waals surface area contributed by atoms with Gasteiger partial charge in [-0.1, -0.05) is 28.9 Å². The summed E-state index contributed by atoms with van der Waals surface area (Å²) < 4.78 is 32.5. The fourth-order valence-corrected chi connectivity index (χ4v) is 5.20. The van der Waals surface area contributed by atoms with Gasteiger partial charge in [-0.25, -0.2) is 12.7 Å². The van der Waals surface area contributed by atoms with E-state index in [1.807, 2.05) is 0 Å². The molecule has 2 heterocycles. The second-order valence-electron chi connectivity index (χ2n) is 7.27. The van der Waals surface area contributed by atoms with E-state index in [2.05, 4.69) is 10.1 Å². The van der Waals surface area contributed by atoms with Gasteiger partial charge in [0.15, 0.2) is 5.82 Å². The lowest BCUT2D eigenvalue weighted by Crippen LogP contribution is -2.41. The van der Waals surface area contributed by atoms with Gasteiger partial charge in [0, 0.05) is 30.5 Å². The van der Waals surface area contributed by atoms with Crippen molar-refractivity contribution in [2.24, 2.45) is 5.92 Å². The maximum absolute atomic E-state index is 12.8. The second-order valence-corrected chi connectivity index (χ2v) is 9.68. The number of halogens is 1. The Bertz CT molecular complexity index is 862. The van der Waals surface area contributed by atoms with Gasteiger partial charge in [0.05, 0.1) is 5.75 Å². The Balaban J connectivity index is 1.39. The predicted octanol–water partition coefficient (Wildman–Crippen LogP) is 3.38. The molecule has 2 aliphatic rings. The van der Waals surface area contributed by atoms with Crippen molar-refractivity contribution in [2.45, 2.75) is 43.8 Å². The summed E-state index contributed by atoms with van der Waals surface area (Å²) >= 11 is 5.87. The molecule has 0 N–H and O–H groups in total. The number of hydrogen-bond acceptors (Lipinski definition) is 5. The van der Waals surface area contributed by atoms with Gasteiger partial charge in [0.25, 0.3) is 0 Å². The molecule has 0 radical (unpaired) electrons. The summed E-state index contributed by atoms with van der Waals surface area (Å²) in [5, 5.41) is 4.65. The van der Waals surface area contributed by atoms with Crippen LogP contribution in [0, 0.1) is 5.92 Å². The molecule has 0 spiro atoms. The maximum atomic E-state index is 12.8. The zero-order valence-corrected chi connectivity index (χ0v) is 16.0. The molecule has 1 aliphatic carbocycles. The molecule has 8 heteroatoms. The molecule has 1 atom stereocenters. The number of piperidine rings is 1. The lowest BCUT2D eigenvalue weighted by Gasteiger charge is -2.31. The van der Waals surface area contributed by atoms with Crippen LogP contribution in [-0.2, 0) is 22.2 Å². The third-order valence-electron chi connectivity index (χ3n) is 5.03. The van der Waals surface area contributed by atoms with Crippen molar-refractivity contribution in [1.82, 2.24) is 14.4 Å². The average Bonchev–Trinajstić information content (AvgIpc) is 3.37. The van der Waals surface area contributed by atoms with Crippen LogP contribution in [0.4, 0.5) is 0 Å². The van der Waals surface area contributed by atoms with Crippen LogP contribution < -0.4 is 0 Å². The molecular formula is C18H22ClN3O3S. The molecule has 26 heavy (non-hydrogen) atoms. The Morgan fingerprint density at radius 1 is 1.19 bits per heavy atom. The third-order valence-corrected chi connectivity index (χ3v) is 7.10. The first-order chi connectivity index (χ1) is 12.5. The number of benzene rings is 1. The third kappa shape index (κ3) is 4.27. The first-order valence-electron chi connectivity index (χ1n) is 9.04. The van der Waals surface area contributed by atoms with E-state index < -0.39 is 10.0 Å². The topological polar surface area (TPSA) is 76.3 Å². The molecular weight excluding hydrogens is 374 g/mol. The molecule has 0 unspecified atom stereocenters. The van der Waals surface area contributed by atoms with Crippen LogP contribution in [0.15, 0.2) is 28.8 Å². The van der Waals surface area contributed by atoms with E-state index in [4.69, 9.17) is 16.1 Å². The van der Waals surface area contributed by atoms with Crippen LogP contribution in [-0.4, -0.2) is 36.0 Å². The van der Waals surface area contributed by atoms with Crippen molar-refractivity contribution >= 4 is 21.6 Å². The van der Waals surface area contributed by atoms with Gasteiger partial charge >= 0.3 is 0 Å². The van der Waals surface area contributed by atoms with Gasteiger partial charge < -0.3 is 4.52 Å². The highest BCUT2D eigenvalue weighted by atomic mass is 35.5. The minimum atomic E-state index is -3.35. The van der Waals surface area contributed by atoms with Crippen molar-refractivity contribution in [3.05, 3.63) is 46.6 Å². The van der Waals surface area contributed by atoms with Crippen LogP contribution in [0.3, 0.4) is 0 Å². The molecule has 6 nitrogen and oxygen atoms in total. The van der Waals surface area contributed by atoms with Crippen molar-refractivity contribution < 1.29 is 12.9 Å². The Hall–Kier alpha value is -1.44. The Labute approximate surface area is 158 Å². The number of rotatable bonds is 6. The molecule has 140 valence electrons. The van der Waals surface area contributed by atoms with E-state index in [0.717, 1.165) is 37.1 Å². The Kier molecular flexibility index (Phi) is 5.03. The van der Waals surface area contributed by atoms with Crippen molar-refractivity contribution in [1.29, 1.82) is 0 Å². The smallest absolute Gasteiger partial charge is 0.226 e. The molecule has 1 saturated heterocycles. The fourth-order valence-electron chi connectivity index (χ4n) is 3.43. The summed E-state index contributed by atoms with van der Waals surface area (Å²) in [5.41, 5.74) is 0.752. The van der Waals surface area contributed by atoms with Crippen LogP contribution in [0.5, 0.6) is 0 Å².